The van der Waals surface area contributed by atoms with Crippen LogP contribution >= 0.6 is 11.6 Å². The van der Waals surface area contributed by atoms with Crippen LogP contribution in [0.15, 0.2) is 103 Å². The molecule has 0 radical (unpaired) electrons. The van der Waals surface area contributed by atoms with E-state index in [0.29, 0.717) is 11.6 Å². The van der Waals surface area contributed by atoms with Crippen molar-refractivity contribution in [3.63, 3.8) is 0 Å². The van der Waals surface area contributed by atoms with Gasteiger partial charge in [-0.2, -0.15) is 9.97 Å². The molecule has 0 fully saturated rings. The minimum Gasteiger partial charge on any atom is -0.208 e. The molecule has 5 heteroatoms. The molecule has 3 nitrogen and oxygen atoms in total. The van der Waals surface area contributed by atoms with E-state index in [-0.39, 0.29) is 5.28 Å². The number of aromatic nitrogens is 3. The highest BCUT2D eigenvalue weighted by Crippen LogP contribution is 2.32. The Kier molecular flexibility index (Phi) is 6.33. The van der Waals surface area contributed by atoms with Gasteiger partial charge in [0, 0.05) is 11.1 Å². The molecule has 5 rings (SSSR count). The number of nitrogens with zero attached hydrogens (tertiary/aromatic N) is 3. The molecule has 172 valence electrons. The number of rotatable bonds is 5. The summed E-state index contributed by atoms with van der Waals surface area (Å²) in [4.78, 5) is 13.9. The fraction of sp³-hybridized carbons (Fsp3) is 0.100. The van der Waals surface area contributed by atoms with Crippen molar-refractivity contribution in [3.8, 4) is 45.0 Å². The van der Waals surface area contributed by atoms with Gasteiger partial charge in [0.05, 0.1) is 8.07 Å². The van der Waals surface area contributed by atoms with Crippen molar-refractivity contribution in [1.82, 2.24) is 15.0 Å². The number of hydrogen-bond acceptors (Lipinski definition) is 3. The molecule has 1 heterocycles. The lowest BCUT2D eigenvalue weighted by atomic mass is 9.96. The zero-order chi connectivity index (χ0) is 24.4. The van der Waals surface area contributed by atoms with E-state index in [1.165, 1.54) is 5.19 Å². The minimum atomic E-state index is -1.48. The van der Waals surface area contributed by atoms with E-state index in [1.54, 1.807) is 0 Å². The molecule has 0 saturated carbocycles. The molecule has 0 unspecified atom stereocenters. The van der Waals surface area contributed by atoms with Gasteiger partial charge in [0.15, 0.2) is 11.6 Å². The van der Waals surface area contributed by atoms with Gasteiger partial charge in [-0.3, -0.25) is 0 Å². The molecule has 0 aliphatic heterocycles. The number of benzene rings is 4. The maximum atomic E-state index is 6.44. The van der Waals surface area contributed by atoms with Crippen LogP contribution in [0.3, 0.4) is 0 Å². The molecule has 0 atom stereocenters. The topological polar surface area (TPSA) is 38.7 Å². The molecule has 1 aromatic heterocycles. The molecule has 35 heavy (non-hydrogen) atoms. The van der Waals surface area contributed by atoms with Crippen LogP contribution in [0.2, 0.25) is 24.9 Å². The van der Waals surface area contributed by atoms with Gasteiger partial charge < -0.3 is 0 Å². The average molecular weight is 492 g/mol. The molecule has 0 bridgehead atoms. The third-order valence-corrected chi connectivity index (χ3v) is 8.21. The highest BCUT2D eigenvalue weighted by molar-refractivity contribution is 6.88. The van der Waals surface area contributed by atoms with Gasteiger partial charge in [-0.25, -0.2) is 4.98 Å². The van der Waals surface area contributed by atoms with Gasteiger partial charge in [0.1, 0.15) is 0 Å². The summed E-state index contributed by atoms with van der Waals surface area (Å²) in [6.45, 7) is 6.99. The molecule has 5 aromatic rings. The third kappa shape index (κ3) is 5.24. The van der Waals surface area contributed by atoms with Gasteiger partial charge in [-0.15, -0.1) is 0 Å². The normalized spacial score (nSPS) is 11.4. The summed E-state index contributed by atoms with van der Waals surface area (Å²) in [5, 5.41) is 1.54. The van der Waals surface area contributed by atoms with Gasteiger partial charge in [-0.1, -0.05) is 110 Å². The lowest BCUT2D eigenvalue weighted by molar-refractivity contribution is 1.07. The first-order valence-electron chi connectivity index (χ1n) is 11.7. The van der Waals surface area contributed by atoms with Crippen LogP contribution in [0.1, 0.15) is 0 Å². The van der Waals surface area contributed by atoms with E-state index < -0.39 is 8.07 Å². The van der Waals surface area contributed by atoms with Crippen molar-refractivity contribution in [2.24, 2.45) is 0 Å². The molecule has 0 aliphatic rings. The Hall–Kier alpha value is -3.60. The summed E-state index contributed by atoms with van der Waals surface area (Å²) in [5.41, 5.74) is 6.32. The van der Waals surface area contributed by atoms with E-state index in [0.717, 1.165) is 33.4 Å². The Morgan fingerprint density at radius 2 is 0.971 bits per heavy atom. The summed E-state index contributed by atoms with van der Waals surface area (Å²) >= 11 is 6.44. The first-order valence-corrected chi connectivity index (χ1v) is 15.5. The molecule has 0 N–H and O–H groups in total. The monoisotopic (exact) mass is 491 g/mol. The minimum absolute atomic E-state index is 0.190. The first-order chi connectivity index (χ1) is 16.9. The van der Waals surface area contributed by atoms with Gasteiger partial charge in [-0.05, 0) is 52.1 Å². The largest absolute Gasteiger partial charge is 0.226 e. The third-order valence-electron chi connectivity index (χ3n) is 6.00. The Balaban J connectivity index is 1.67. The van der Waals surface area contributed by atoms with Crippen LogP contribution in [0.25, 0.3) is 45.0 Å². The van der Waals surface area contributed by atoms with Gasteiger partial charge in [0.2, 0.25) is 5.28 Å². The lowest BCUT2D eigenvalue weighted by Crippen LogP contribution is -2.37. The van der Waals surface area contributed by atoms with E-state index in [2.05, 4.69) is 90.3 Å². The van der Waals surface area contributed by atoms with E-state index >= 15 is 0 Å². The molecule has 0 saturated heterocycles. The van der Waals surface area contributed by atoms with Crippen LogP contribution in [-0.2, 0) is 0 Å². The van der Waals surface area contributed by atoms with Crippen LogP contribution in [-0.4, -0.2) is 23.0 Å². The van der Waals surface area contributed by atoms with Crippen molar-refractivity contribution in [1.29, 1.82) is 0 Å². The highest BCUT2D eigenvalue weighted by atomic mass is 35.5. The summed E-state index contributed by atoms with van der Waals surface area (Å²) < 4.78 is 0. The molecule has 4 aromatic carbocycles. The maximum Gasteiger partial charge on any atom is 0.226 e. The summed E-state index contributed by atoms with van der Waals surface area (Å²) in [5.74, 6) is 1.15. The molecule has 0 spiro atoms. The van der Waals surface area contributed by atoms with Crippen LogP contribution < -0.4 is 5.19 Å². The van der Waals surface area contributed by atoms with Gasteiger partial charge >= 0.3 is 0 Å². The molecule has 0 aliphatic carbocycles. The second-order valence-electron chi connectivity index (χ2n) is 9.61. The van der Waals surface area contributed by atoms with Crippen molar-refractivity contribution in [2.75, 3.05) is 0 Å². The predicted molar refractivity (Wildman–Crippen MR) is 150 cm³/mol. The van der Waals surface area contributed by atoms with Crippen LogP contribution in [0.4, 0.5) is 0 Å². The van der Waals surface area contributed by atoms with Crippen LogP contribution in [0.5, 0.6) is 0 Å². The maximum absolute atomic E-state index is 6.44. The van der Waals surface area contributed by atoms with Crippen molar-refractivity contribution in [2.45, 2.75) is 19.6 Å². The van der Waals surface area contributed by atoms with Crippen molar-refractivity contribution >= 4 is 24.9 Å². The highest BCUT2D eigenvalue weighted by Gasteiger charge is 2.18. The summed E-state index contributed by atoms with van der Waals surface area (Å²) in [6, 6.07) is 35.6. The second-order valence-corrected chi connectivity index (χ2v) is 15.0. The Morgan fingerprint density at radius 1 is 0.486 bits per heavy atom. The Bertz CT molecular complexity index is 1420. The number of hydrogen-bond donors (Lipinski definition) is 0. The number of halogens is 1. The SMILES string of the molecule is C[Si](C)(C)c1cccc(-c2nc(Cl)nc(-c3cc(-c4ccccc4)cc(-c4ccccc4)c3)n2)c1. The zero-order valence-electron chi connectivity index (χ0n) is 20.0. The van der Waals surface area contributed by atoms with E-state index in [9.17, 15) is 0 Å². The fourth-order valence-electron chi connectivity index (χ4n) is 4.08. The molecule has 0 amide bonds. The van der Waals surface area contributed by atoms with E-state index in [1.807, 2.05) is 42.5 Å². The smallest absolute Gasteiger partial charge is 0.208 e. The molecular formula is C30H26ClN3Si. The fourth-order valence-corrected chi connectivity index (χ4v) is 5.43. The van der Waals surface area contributed by atoms with Crippen molar-refractivity contribution in [3.05, 3.63) is 108 Å². The average Bonchev–Trinajstić information content (AvgIpc) is 2.89. The van der Waals surface area contributed by atoms with Crippen molar-refractivity contribution < 1.29 is 0 Å². The van der Waals surface area contributed by atoms with Gasteiger partial charge in [0.25, 0.3) is 0 Å². The van der Waals surface area contributed by atoms with Crippen LogP contribution in [0, 0.1) is 0 Å². The Morgan fingerprint density at radius 3 is 1.51 bits per heavy atom. The zero-order valence-corrected chi connectivity index (χ0v) is 21.8. The Labute approximate surface area is 212 Å². The standard InChI is InChI=1S/C30H26ClN3Si/c1-35(2,3)27-16-10-15-23(20-27)28-32-29(34-30(31)33-28)26-18-24(21-11-6-4-7-12-21)17-25(19-26)22-13-8-5-9-14-22/h4-20H,1-3H3. The molecular weight excluding hydrogens is 466 g/mol. The second kappa shape index (κ2) is 9.57. The predicted octanol–water partition coefficient (Wildman–Crippen LogP) is 7.74. The lowest BCUT2D eigenvalue weighted by Gasteiger charge is -2.17. The first kappa shape index (κ1) is 23.2. The summed E-state index contributed by atoms with van der Waals surface area (Å²) in [7, 11) is -1.48. The van der Waals surface area contributed by atoms with E-state index in [4.69, 9.17) is 16.6 Å². The summed E-state index contributed by atoms with van der Waals surface area (Å²) in [6.07, 6.45) is 0. The quantitative estimate of drug-likeness (QED) is 0.236.